The van der Waals surface area contributed by atoms with Crippen LogP contribution in [-0.4, -0.2) is 21.4 Å². The van der Waals surface area contributed by atoms with Gasteiger partial charge in [0.25, 0.3) is 15.9 Å². The molecule has 0 aliphatic rings. The van der Waals surface area contributed by atoms with Crippen LogP contribution in [-0.2, 0) is 16.4 Å². The third kappa shape index (κ3) is 4.63. The largest absolute Gasteiger partial charge is 0.322 e. The molecule has 0 atom stereocenters. The minimum absolute atomic E-state index is 0.0293. The van der Waals surface area contributed by atoms with Crippen LogP contribution in [0.25, 0.3) is 0 Å². The van der Waals surface area contributed by atoms with Crippen molar-refractivity contribution in [3.05, 3.63) is 89.7 Å². The van der Waals surface area contributed by atoms with Gasteiger partial charge in [-0.1, -0.05) is 25.1 Å². The topological polar surface area (TPSA) is 66.5 Å². The molecule has 1 amide bonds. The highest BCUT2D eigenvalue weighted by Gasteiger charge is 2.22. The number of carbonyl (C=O) groups is 1. The number of halogens is 1. The summed E-state index contributed by atoms with van der Waals surface area (Å²) in [7, 11) is -2.53. The minimum atomic E-state index is -3.91. The molecule has 0 heterocycles. The van der Waals surface area contributed by atoms with Crippen LogP contribution in [0.3, 0.4) is 0 Å². The first-order valence-corrected chi connectivity index (χ1v) is 10.5. The summed E-state index contributed by atoms with van der Waals surface area (Å²) < 4.78 is 40.0. The fourth-order valence-electron chi connectivity index (χ4n) is 2.77. The second-order valence-electron chi connectivity index (χ2n) is 6.48. The van der Waals surface area contributed by atoms with Gasteiger partial charge in [-0.05, 0) is 66.6 Å². The maximum Gasteiger partial charge on any atom is 0.264 e. The molecule has 150 valence electrons. The monoisotopic (exact) mass is 412 g/mol. The quantitative estimate of drug-likeness (QED) is 0.650. The Hall–Kier alpha value is -3.19. The van der Waals surface area contributed by atoms with Crippen molar-refractivity contribution in [1.82, 2.24) is 0 Å². The molecule has 0 aromatic heterocycles. The Kier molecular flexibility index (Phi) is 5.98. The highest BCUT2D eigenvalue weighted by molar-refractivity contribution is 7.92. The Morgan fingerprint density at radius 3 is 2.28 bits per heavy atom. The molecule has 7 heteroatoms. The minimum Gasteiger partial charge on any atom is -0.322 e. The van der Waals surface area contributed by atoms with Crippen molar-refractivity contribution >= 4 is 27.3 Å². The Bertz CT molecular complexity index is 1110. The second kappa shape index (κ2) is 8.45. The van der Waals surface area contributed by atoms with Gasteiger partial charge in [0.2, 0.25) is 0 Å². The molecular weight excluding hydrogens is 391 g/mol. The van der Waals surface area contributed by atoms with E-state index in [-0.39, 0.29) is 10.5 Å². The van der Waals surface area contributed by atoms with E-state index in [1.54, 1.807) is 18.2 Å². The van der Waals surface area contributed by atoms with Crippen LogP contribution >= 0.6 is 0 Å². The van der Waals surface area contributed by atoms with E-state index >= 15 is 0 Å². The summed E-state index contributed by atoms with van der Waals surface area (Å²) in [5.41, 5.74) is 2.32. The van der Waals surface area contributed by atoms with Crippen molar-refractivity contribution in [2.24, 2.45) is 0 Å². The number of benzene rings is 3. The van der Waals surface area contributed by atoms with Gasteiger partial charge in [0.1, 0.15) is 5.82 Å². The Balaban J connectivity index is 1.83. The standard InChI is InChI=1S/C22H21FN2O3S/c1-3-16-7-11-19(12-8-16)24-22(26)17-5-4-6-21(15-17)29(27,28)25(2)20-13-9-18(23)10-14-20/h4-15H,3H2,1-2H3,(H,24,26). The number of carbonyl (C=O) groups excluding carboxylic acids is 1. The van der Waals surface area contributed by atoms with Gasteiger partial charge in [-0.3, -0.25) is 9.10 Å². The first kappa shape index (κ1) is 20.5. The summed E-state index contributed by atoms with van der Waals surface area (Å²) >= 11 is 0. The lowest BCUT2D eigenvalue weighted by Gasteiger charge is -2.19. The summed E-state index contributed by atoms with van der Waals surface area (Å²) in [6.45, 7) is 2.04. The number of anilines is 2. The van der Waals surface area contributed by atoms with Gasteiger partial charge < -0.3 is 5.32 Å². The Morgan fingerprint density at radius 1 is 1.00 bits per heavy atom. The predicted molar refractivity (Wildman–Crippen MR) is 112 cm³/mol. The SMILES string of the molecule is CCc1ccc(NC(=O)c2cccc(S(=O)(=O)N(C)c3ccc(F)cc3)c2)cc1. The van der Waals surface area contributed by atoms with Crippen molar-refractivity contribution in [3.63, 3.8) is 0 Å². The zero-order chi connectivity index (χ0) is 21.0. The summed E-state index contributed by atoms with van der Waals surface area (Å²) in [4.78, 5) is 12.5. The van der Waals surface area contributed by atoms with Gasteiger partial charge in [-0.2, -0.15) is 0 Å². The van der Waals surface area contributed by atoms with E-state index in [1.165, 1.54) is 49.5 Å². The molecule has 3 aromatic rings. The smallest absolute Gasteiger partial charge is 0.264 e. The van der Waals surface area contributed by atoms with E-state index in [0.29, 0.717) is 11.4 Å². The zero-order valence-corrected chi connectivity index (χ0v) is 16.9. The molecule has 5 nitrogen and oxygen atoms in total. The van der Waals surface area contributed by atoms with Crippen molar-refractivity contribution in [1.29, 1.82) is 0 Å². The van der Waals surface area contributed by atoms with E-state index in [2.05, 4.69) is 5.32 Å². The molecule has 0 radical (unpaired) electrons. The molecule has 0 aliphatic carbocycles. The summed E-state index contributed by atoms with van der Waals surface area (Å²) in [6.07, 6.45) is 0.899. The molecule has 29 heavy (non-hydrogen) atoms. The normalized spacial score (nSPS) is 11.1. The van der Waals surface area contributed by atoms with E-state index in [1.807, 2.05) is 19.1 Å². The van der Waals surface area contributed by atoms with E-state index in [9.17, 15) is 17.6 Å². The van der Waals surface area contributed by atoms with E-state index in [0.717, 1.165) is 16.3 Å². The third-order valence-corrected chi connectivity index (χ3v) is 6.35. The van der Waals surface area contributed by atoms with Gasteiger partial charge in [-0.15, -0.1) is 0 Å². The van der Waals surface area contributed by atoms with Crippen LogP contribution in [0.4, 0.5) is 15.8 Å². The summed E-state index contributed by atoms with van der Waals surface area (Å²) in [5, 5.41) is 2.77. The first-order valence-electron chi connectivity index (χ1n) is 9.06. The van der Waals surface area contributed by atoms with Crippen molar-refractivity contribution in [2.45, 2.75) is 18.2 Å². The Morgan fingerprint density at radius 2 is 1.66 bits per heavy atom. The van der Waals surface area contributed by atoms with Crippen LogP contribution in [0.15, 0.2) is 77.7 Å². The van der Waals surface area contributed by atoms with Gasteiger partial charge >= 0.3 is 0 Å². The maximum atomic E-state index is 13.1. The lowest BCUT2D eigenvalue weighted by molar-refractivity contribution is 0.102. The molecule has 0 unspecified atom stereocenters. The number of aryl methyl sites for hydroxylation is 1. The average Bonchev–Trinajstić information content (AvgIpc) is 2.74. The molecule has 0 fully saturated rings. The molecule has 3 rings (SSSR count). The predicted octanol–water partition coefficient (Wildman–Crippen LogP) is 4.47. The number of amides is 1. The van der Waals surface area contributed by atoms with Crippen LogP contribution < -0.4 is 9.62 Å². The van der Waals surface area contributed by atoms with Gasteiger partial charge in [0.05, 0.1) is 10.6 Å². The number of hydrogen-bond acceptors (Lipinski definition) is 3. The Labute approximate surface area is 169 Å². The summed E-state index contributed by atoms with van der Waals surface area (Å²) in [5.74, 6) is -0.860. The highest BCUT2D eigenvalue weighted by Crippen LogP contribution is 2.23. The van der Waals surface area contributed by atoms with Crippen molar-refractivity contribution < 1.29 is 17.6 Å². The fourth-order valence-corrected chi connectivity index (χ4v) is 4.01. The third-order valence-electron chi connectivity index (χ3n) is 4.56. The molecule has 0 saturated heterocycles. The molecule has 0 bridgehead atoms. The number of hydrogen-bond donors (Lipinski definition) is 1. The number of rotatable bonds is 6. The van der Waals surface area contributed by atoms with Gasteiger partial charge in [-0.25, -0.2) is 12.8 Å². The van der Waals surface area contributed by atoms with Crippen molar-refractivity contribution in [2.75, 3.05) is 16.7 Å². The van der Waals surface area contributed by atoms with Crippen LogP contribution in [0, 0.1) is 5.82 Å². The number of sulfonamides is 1. The zero-order valence-electron chi connectivity index (χ0n) is 16.1. The van der Waals surface area contributed by atoms with E-state index < -0.39 is 21.7 Å². The average molecular weight is 412 g/mol. The molecule has 0 spiro atoms. The maximum absolute atomic E-state index is 13.1. The van der Waals surface area contributed by atoms with Gasteiger partial charge in [0.15, 0.2) is 0 Å². The number of nitrogens with zero attached hydrogens (tertiary/aromatic N) is 1. The molecule has 3 aromatic carbocycles. The molecule has 0 saturated carbocycles. The lowest BCUT2D eigenvalue weighted by atomic mass is 10.1. The molecule has 0 aliphatic heterocycles. The van der Waals surface area contributed by atoms with Gasteiger partial charge in [0, 0.05) is 18.3 Å². The van der Waals surface area contributed by atoms with E-state index in [4.69, 9.17) is 0 Å². The second-order valence-corrected chi connectivity index (χ2v) is 8.45. The van der Waals surface area contributed by atoms with Crippen LogP contribution in [0.5, 0.6) is 0 Å². The van der Waals surface area contributed by atoms with Crippen molar-refractivity contribution in [3.8, 4) is 0 Å². The van der Waals surface area contributed by atoms with Crippen LogP contribution in [0.2, 0.25) is 0 Å². The van der Waals surface area contributed by atoms with Crippen LogP contribution in [0.1, 0.15) is 22.8 Å². The molecular formula is C22H21FN2O3S. The summed E-state index contributed by atoms with van der Waals surface area (Å²) in [6, 6.07) is 18.4. The molecule has 1 N–H and O–H groups in total. The fraction of sp³-hybridized carbons (Fsp3) is 0.136. The number of nitrogens with one attached hydrogen (secondary N) is 1. The highest BCUT2D eigenvalue weighted by atomic mass is 32.2. The first-order chi connectivity index (χ1) is 13.8. The lowest BCUT2D eigenvalue weighted by Crippen LogP contribution is -2.26.